The number of carbonyl (C=O) groups is 1. The number of rotatable bonds is 2. The summed E-state index contributed by atoms with van der Waals surface area (Å²) in [7, 11) is 0. The Labute approximate surface area is 104 Å². The lowest BCUT2D eigenvalue weighted by Crippen LogP contribution is -2.43. The molecule has 1 aliphatic heterocycles. The van der Waals surface area contributed by atoms with E-state index in [0.29, 0.717) is 16.6 Å². The number of hydrogen-bond acceptors (Lipinski definition) is 2. The van der Waals surface area contributed by atoms with Gasteiger partial charge in [-0.3, -0.25) is 4.79 Å². The fourth-order valence-corrected chi connectivity index (χ4v) is 2.36. The molecule has 0 aliphatic carbocycles. The zero-order valence-corrected chi connectivity index (χ0v) is 10.3. The molecule has 16 heavy (non-hydrogen) atoms. The third kappa shape index (κ3) is 1.68. The lowest BCUT2D eigenvalue weighted by molar-refractivity contribution is -0.124. The Hall–Kier alpha value is -1.13. The number of amides is 1. The number of benzene rings is 1. The van der Waals surface area contributed by atoms with E-state index >= 15 is 0 Å². The lowest BCUT2D eigenvalue weighted by atomic mass is 9.87. The van der Waals surface area contributed by atoms with Crippen molar-refractivity contribution in [2.45, 2.75) is 18.9 Å². The van der Waals surface area contributed by atoms with E-state index in [1.807, 2.05) is 19.1 Å². The van der Waals surface area contributed by atoms with E-state index in [9.17, 15) is 4.79 Å². The van der Waals surface area contributed by atoms with Gasteiger partial charge in [-0.05, 0) is 36.3 Å². The Morgan fingerprint density at radius 1 is 1.50 bits per heavy atom. The summed E-state index contributed by atoms with van der Waals surface area (Å²) in [4.78, 5) is 11.9. The number of carbonyl (C=O) groups excluding carboxylic acids is 1. The molecule has 1 aromatic rings. The Kier molecular flexibility index (Phi) is 2.86. The van der Waals surface area contributed by atoms with Gasteiger partial charge in [-0.2, -0.15) is 0 Å². The molecule has 2 rings (SSSR count). The van der Waals surface area contributed by atoms with Crippen LogP contribution in [0.25, 0.3) is 0 Å². The van der Waals surface area contributed by atoms with E-state index in [4.69, 9.17) is 23.8 Å². The van der Waals surface area contributed by atoms with Crippen molar-refractivity contribution in [2.24, 2.45) is 0 Å². The zero-order chi connectivity index (χ0) is 11.8. The molecule has 1 aliphatic rings. The molecule has 1 heterocycles. The van der Waals surface area contributed by atoms with Crippen LogP contribution in [0.15, 0.2) is 24.3 Å². The Balaban J connectivity index is 2.50. The van der Waals surface area contributed by atoms with E-state index in [1.165, 1.54) is 0 Å². The van der Waals surface area contributed by atoms with Gasteiger partial charge in [0.05, 0.1) is 0 Å². The summed E-state index contributed by atoms with van der Waals surface area (Å²) in [6.45, 7) is 1.93. The van der Waals surface area contributed by atoms with Crippen LogP contribution in [0.1, 0.15) is 18.9 Å². The highest BCUT2D eigenvalue weighted by Gasteiger charge is 2.44. The van der Waals surface area contributed by atoms with Gasteiger partial charge in [-0.25, -0.2) is 0 Å². The van der Waals surface area contributed by atoms with E-state index in [2.05, 4.69) is 10.6 Å². The normalized spacial score (nSPS) is 24.1. The molecule has 1 unspecified atom stereocenters. The predicted octanol–water partition coefficient (Wildman–Crippen LogP) is 1.95. The highest BCUT2D eigenvalue weighted by Crippen LogP contribution is 2.29. The second-order valence-corrected chi connectivity index (χ2v) is 4.52. The standard InChI is InChI=1S/C11H11ClN2OS/c1-2-11(9(15)13-10(16)14-11)7-4-3-5-8(12)6-7/h3-6H,2H2,1H3,(H2,13,14,15,16). The molecular formula is C11H11ClN2OS. The summed E-state index contributed by atoms with van der Waals surface area (Å²) in [6, 6.07) is 7.26. The van der Waals surface area contributed by atoms with E-state index in [0.717, 1.165) is 5.56 Å². The molecule has 1 fully saturated rings. The Morgan fingerprint density at radius 2 is 2.25 bits per heavy atom. The van der Waals surface area contributed by atoms with Crippen LogP contribution in [-0.2, 0) is 10.3 Å². The smallest absolute Gasteiger partial charge is 0.256 e. The second kappa shape index (κ2) is 4.03. The maximum absolute atomic E-state index is 11.9. The van der Waals surface area contributed by atoms with E-state index in [-0.39, 0.29) is 5.91 Å². The summed E-state index contributed by atoms with van der Waals surface area (Å²) in [5, 5.41) is 6.61. The average Bonchev–Trinajstić information content (AvgIpc) is 2.54. The minimum absolute atomic E-state index is 0.123. The highest BCUT2D eigenvalue weighted by molar-refractivity contribution is 7.80. The Bertz CT molecular complexity index is 463. The van der Waals surface area contributed by atoms with Crippen molar-refractivity contribution in [2.75, 3.05) is 0 Å². The van der Waals surface area contributed by atoms with Crippen molar-refractivity contribution in [3.63, 3.8) is 0 Å². The summed E-state index contributed by atoms with van der Waals surface area (Å²) in [5.41, 5.74) is 0.0574. The summed E-state index contributed by atoms with van der Waals surface area (Å²) in [6.07, 6.45) is 0.610. The largest absolute Gasteiger partial charge is 0.344 e. The van der Waals surface area contributed by atoms with E-state index in [1.54, 1.807) is 12.1 Å². The summed E-state index contributed by atoms with van der Waals surface area (Å²) in [5.74, 6) is -0.123. The van der Waals surface area contributed by atoms with Crippen LogP contribution in [0.2, 0.25) is 5.02 Å². The first kappa shape index (κ1) is 11.4. The van der Waals surface area contributed by atoms with Crippen LogP contribution in [-0.4, -0.2) is 11.0 Å². The lowest BCUT2D eigenvalue weighted by Gasteiger charge is -2.25. The molecule has 0 saturated carbocycles. The molecule has 0 aromatic heterocycles. The first-order chi connectivity index (χ1) is 7.58. The Morgan fingerprint density at radius 3 is 2.75 bits per heavy atom. The fraction of sp³-hybridized carbons (Fsp3) is 0.273. The van der Waals surface area contributed by atoms with Gasteiger partial charge in [0.2, 0.25) is 0 Å². The van der Waals surface area contributed by atoms with Crippen LogP contribution < -0.4 is 10.6 Å². The third-order valence-electron chi connectivity index (χ3n) is 2.79. The van der Waals surface area contributed by atoms with Crippen molar-refractivity contribution < 1.29 is 4.79 Å². The molecule has 0 bridgehead atoms. The molecule has 0 spiro atoms. The van der Waals surface area contributed by atoms with Gasteiger partial charge in [-0.1, -0.05) is 30.7 Å². The van der Waals surface area contributed by atoms with E-state index < -0.39 is 5.54 Å². The fourth-order valence-electron chi connectivity index (χ4n) is 1.90. The summed E-state index contributed by atoms with van der Waals surface area (Å²) < 4.78 is 0. The summed E-state index contributed by atoms with van der Waals surface area (Å²) >= 11 is 10.9. The van der Waals surface area contributed by atoms with Crippen LogP contribution in [0.3, 0.4) is 0 Å². The number of halogens is 1. The van der Waals surface area contributed by atoms with Gasteiger partial charge in [0.15, 0.2) is 5.11 Å². The van der Waals surface area contributed by atoms with Gasteiger partial charge in [0.1, 0.15) is 5.54 Å². The number of nitrogens with one attached hydrogen (secondary N) is 2. The quantitative estimate of drug-likeness (QED) is 0.793. The van der Waals surface area contributed by atoms with Crippen molar-refractivity contribution in [3.8, 4) is 0 Å². The van der Waals surface area contributed by atoms with Gasteiger partial charge >= 0.3 is 0 Å². The van der Waals surface area contributed by atoms with Gasteiger partial charge in [-0.15, -0.1) is 0 Å². The third-order valence-corrected chi connectivity index (χ3v) is 3.23. The molecule has 2 N–H and O–H groups in total. The van der Waals surface area contributed by atoms with Gasteiger partial charge in [0, 0.05) is 5.02 Å². The van der Waals surface area contributed by atoms with Crippen molar-refractivity contribution in [3.05, 3.63) is 34.9 Å². The van der Waals surface area contributed by atoms with Crippen LogP contribution in [0.4, 0.5) is 0 Å². The first-order valence-electron chi connectivity index (χ1n) is 4.98. The number of thiocarbonyl (C=S) groups is 1. The minimum Gasteiger partial charge on any atom is -0.344 e. The minimum atomic E-state index is -0.776. The van der Waals surface area contributed by atoms with Gasteiger partial charge in [0.25, 0.3) is 5.91 Å². The van der Waals surface area contributed by atoms with Crippen molar-refractivity contribution >= 4 is 34.8 Å². The molecule has 3 nitrogen and oxygen atoms in total. The first-order valence-corrected chi connectivity index (χ1v) is 5.77. The topological polar surface area (TPSA) is 41.1 Å². The van der Waals surface area contributed by atoms with Gasteiger partial charge < -0.3 is 10.6 Å². The van der Waals surface area contributed by atoms with Crippen LogP contribution in [0, 0.1) is 0 Å². The molecule has 1 saturated heterocycles. The molecule has 0 radical (unpaired) electrons. The molecule has 84 valence electrons. The average molecular weight is 255 g/mol. The number of hydrogen-bond donors (Lipinski definition) is 2. The molecular weight excluding hydrogens is 244 g/mol. The zero-order valence-electron chi connectivity index (χ0n) is 8.71. The van der Waals surface area contributed by atoms with Crippen LogP contribution in [0.5, 0.6) is 0 Å². The SMILES string of the molecule is CCC1(c2cccc(Cl)c2)NC(=S)NC1=O. The second-order valence-electron chi connectivity index (χ2n) is 3.68. The molecule has 5 heteroatoms. The maximum atomic E-state index is 11.9. The molecule has 1 atom stereocenters. The highest BCUT2D eigenvalue weighted by atomic mass is 35.5. The van der Waals surface area contributed by atoms with Crippen molar-refractivity contribution in [1.29, 1.82) is 0 Å². The van der Waals surface area contributed by atoms with Crippen LogP contribution >= 0.6 is 23.8 Å². The van der Waals surface area contributed by atoms with Crippen molar-refractivity contribution in [1.82, 2.24) is 10.6 Å². The molecule has 1 aromatic carbocycles. The molecule has 1 amide bonds. The maximum Gasteiger partial charge on any atom is 0.256 e. The monoisotopic (exact) mass is 254 g/mol. The predicted molar refractivity (Wildman–Crippen MR) is 67.3 cm³/mol.